The summed E-state index contributed by atoms with van der Waals surface area (Å²) in [5, 5.41) is 20.5. The molecule has 0 radical (unpaired) electrons. The minimum absolute atomic E-state index is 0.0818. The van der Waals surface area contributed by atoms with Crippen LogP contribution in [-0.2, 0) is 32.0 Å². The number of ether oxygens (including phenoxy) is 1. The zero-order chi connectivity index (χ0) is 38.5. The molecule has 0 spiro atoms. The number of nitrogens with one attached hydrogen (secondary N) is 4. The Kier molecular flexibility index (Phi) is 16.2. The lowest BCUT2D eigenvalue weighted by molar-refractivity contribution is -0.141. The number of hydrogen-bond donors (Lipinski definition) is 5. The summed E-state index contributed by atoms with van der Waals surface area (Å²) in [5.41, 5.74) is 0.794. The lowest BCUT2D eigenvalue weighted by Gasteiger charge is -2.35. The Morgan fingerprint density at radius 2 is 1.67 bits per heavy atom. The zero-order valence-electron chi connectivity index (χ0n) is 32.7. The van der Waals surface area contributed by atoms with E-state index in [0.717, 1.165) is 31.2 Å². The van der Waals surface area contributed by atoms with Crippen LogP contribution in [0.3, 0.4) is 0 Å². The molecule has 0 bridgehead atoms. The highest BCUT2D eigenvalue weighted by atomic mass is 16.6. The molecule has 1 fully saturated rings. The highest BCUT2D eigenvalue weighted by molar-refractivity contribution is 5.91. The molecule has 2 aromatic rings. The first kappa shape index (κ1) is 42.5. The van der Waals surface area contributed by atoms with Gasteiger partial charge in [0.05, 0.1) is 18.5 Å². The summed E-state index contributed by atoms with van der Waals surface area (Å²) in [5.74, 6) is -1.18. The lowest BCUT2D eigenvalue weighted by Crippen LogP contribution is -2.58. The fourth-order valence-corrected chi connectivity index (χ4v) is 6.61. The third-order valence-electron chi connectivity index (χ3n) is 9.58. The van der Waals surface area contributed by atoms with Crippen molar-refractivity contribution < 1.29 is 29.0 Å². The normalized spacial score (nSPS) is 16.9. The number of carbonyl (C=O) groups excluding carboxylic acids is 4. The molecule has 12 heteroatoms. The molecule has 0 aliphatic heterocycles. The topological polar surface area (TPSA) is 166 Å². The summed E-state index contributed by atoms with van der Waals surface area (Å²) in [6, 6.07) is 7.06. The Labute approximate surface area is 310 Å². The van der Waals surface area contributed by atoms with Crippen molar-refractivity contribution in [2.75, 3.05) is 13.6 Å². The van der Waals surface area contributed by atoms with Gasteiger partial charge in [-0.25, -0.2) is 9.78 Å². The SMILES string of the molecule is C[C@H](C[C@H](O)[C@H](CC1CCCCC1)NC(=O)[C@H](Cc1cnc[nH]1)N(C)C(=O)[C@H](CCc1ccccc1)NC(=O)OC(C)(C)C)C(=O)NCC(C)(C)C. The van der Waals surface area contributed by atoms with Gasteiger partial charge in [0, 0.05) is 37.8 Å². The van der Waals surface area contributed by atoms with E-state index in [1.807, 2.05) is 51.1 Å². The number of rotatable bonds is 17. The quantitative estimate of drug-likeness (QED) is 0.148. The summed E-state index contributed by atoms with van der Waals surface area (Å²) in [6.07, 6.45) is 8.46. The number of carbonyl (C=O) groups is 4. The molecule has 1 aliphatic rings. The predicted octanol–water partition coefficient (Wildman–Crippen LogP) is 5.31. The van der Waals surface area contributed by atoms with Gasteiger partial charge in [-0.05, 0) is 63.4 Å². The van der Waals surface area contributed by atoms with E-state index in [1.165, 1.54) is 17.6 Å². The Morgan fingerprint density at radius 3 is 2.27 bits per heavy atom. The van der Waals surface area contributed by atoms with Gasteiger partial charge in [-0.15, -0.1) is 0 Å². The Morgan fingerprint density at radius 1 is 1.00 bits per heavy atom. The minimum atomic E-state index is -0.999. The van der Waals surface area contributed by atoms with Crippen LogP contribution >= 0.6 is 0 Å². The monoisotopic (exact) mass is 724 g/mol. The van der Waals surface area contributed by atoms with E-state index in [1.54, 1.807) is 40.9 Å². The number of aromatic nitrogens is 2. The maximum atomic E-state index is 14.4. The number of aryl methyl sites for hydroxylation is 1. The third-order valence-corrected chi connectivity index (χ3v) is 9.58. The van der Waals surface area contributed by atoms with E-state index in [0.29, 0.717) is 31.0 Å². The van der Waals surface area contributed by atoms with E-state index in [9.17, 15) is 24.3 Å². The van der Waals surface area contributed by atoms with Crippen LogP contribution in [0.5, 0.6) is 0 Å². The van der Waals surface area contributed by atoms with Crippen molar-refractivity contribution in [1.82, 2.24) is 30.8 Å². The van der Waals surface area contributed by atoms with E-state index < -0.39 is 53.7 Å². The number of hydrogen-bond acceptors (Lipinski definition) is 7. The summed E-state index contributed by atoms with van der Waals surface area (Å²) < 4.78 is 5.51. The Hall–Kier alpha value is -3.93. The first-order chi connectivity index (χ1) is 24.4. The molecule has 12 nitrogen and oxygen atoms in total. The van der Waals surface area contributed by atoms with Crippen molar-refractivity contribution >= 4 is 23.8 Å². The summed E-state index contributed by atoms with van der Waals surface area (Å²) in [4.78, 5) is 63.1. The number of alkyl carbamates (subject to hydrolysis) is 1. The van der Waals surface area contributed by atoms with Gasteiger partial charge in [-0.1, -0.05) is 90.1 Å². The molecular formula is C40H64N6O6. The van der Waals surface area contributed by atoms with Crippen LogP contribution in [0, 0.1) is 17.3 Å². The molecule has 1 saturated carbocycles. The van der Waals surface area contributed by atoms with Crippen LogP contribution in [0.25, 0.3) is 0 Å². The maximum Gasteiger partial charge on any atom is 0.408 e. The van der Waals surface area contributed by atoms with Gasteiger partial charge < -0.3 is 35.7 Å². The molecule has 0 unspecified atom stereocenters. The third kappa shape index (κ3) is 15.0. The summed E-state index contributed by atoms with van der Waals surface area (Å²) in [7, 11) is 1.56. The van der Waals surface area contributed by atoms with Crippen LogP contribution in [0.4, 0.5) is 4.79 Å². The zero-order valence-corrected chi connectivity index (χ0v) is 32.7. The lowest BCUT2D eigenvalue weighted by atomic mass is 9.82. The highest BCUT2D eigenvalue weighted by Crippen LogP contribution is 2.29. The number of H-pyrrole nitrogens is 1. The van der Waals surface area contributed by atoms with Crippen molar-refractivity contribution in [2.45, 2.75) is 143 Å². The van der Waals surface area contributed by atoms with Crippen LogP contribution in [0.1, 0.15) is 111 Å². The fourth-order valence-electron chi connectivity index (χ4n) is 6.61. The highest BCUT2D eigenvalue weighted by Gasteiger charge is 2.36. The van der Waals surface area contributed by atoms with Gasteiger partial charge in [-0.2, -0.15) is 0 Å². The first-order valence-corrected chi connectivity index (χ1v) is 19.0. The average molecular weight is 725 g/mol. The molecule has 5 atom stereocenters. The standard InChI is InChI=1S/C40H64N6O6/c1-27(35(48)42-25-39(2,3)4)21-34(47)32(22-29-17-13-10-14-18-29)44-36(49)33(23-30-24-41-26-43-30)46(8)37(50)31(45-38(51)52-40(5,6)7)20-19-28-15-11-9-12-16-28/h9,11-12,15-16,24,26-27,29,31-34,47H,10,13-14,17-23,25H2,1-8H3,(H,41,43)(H,42,48)(H,44,49)(H,45,51)/t27-,31+,32+,33+,34+/m1/s1. The van der Waals surface area contributed by atoms with Crippen LogP contribution in [0.15, 0.2) is 42.9 Å². The van der Waals surface area contributed by atoms with Gasteiger partial charge in [0.1, 0.15) is 17.7 Å². The number of aliphatic hydroxyl groups is 1. The largest absolute Gasteiger partial charge is 0.444 e. The predicted molar refractivity (Wildman–Crippen MR) is 202 cm³/mol. The van der Waals surface area contributed by atoms with Crippen molar-refractivity contribution in [3.8, 4) is 0 Å². The Balaban J connectivity index is 1.86. The maximum absolute atomic E-state index is 14.4. The van der Waals surface area contributed by atoms with Crippen molar-refractivity contribution in [3.63, 3.8) is 0 Å². The molecular weight excluding hydrogens is 660 g/mol. The molecule has 1 aliphatic carbocycles. The number of aliphatic hydroxyl groups excluding tert-OH is 1. The molecule has 1 aromatic carbocycles. The molecule has 290 valence electrons. The van der Waals surface area contributed by atoms with Crippen LogP contribution in [0.2, 0.25) is 0 Å². The van der Waals surface area contributed by atoms with Crippen molar-refractivity contribution in [2.24, 2.45) is 17.3 Å². The van der Waals surface area contributed by atoms with Gasteiger partial charge in [0.15, 0.2) is 0 Å². The molecule has 1 aromatic heterocycles. The van der Waals surface area contributed by atoms with E-state index in [-0.39, 0.29) is 30.6 Å². The van der Waals surface area contributed by atoms with Gasteiger partial charge in [-0.3, -0.25) is 14.4 Å². The molecule has 1 heterocycles. The second-order valence-corrected chi connectivity index (χ2v) is 16.8. The first-order valence-electron chi connectivity index (χ1n) is 19.0. The van der Waals surface area contributed by atoms with Gasteiger partial charge >= 0.3 is 6.09 Å². The van der Waals surface area contributed by atoms with E-state index in [2.05, 4.69) is 25.9 Å². The fraction of sp³-hybridized carbons (Fsp3) is 0.675. The number of aromatic amines is 1. The second-order valence-electron chi connectivity index (χ2n) is 16.8. The molecule has 3 rings (SSSR count). The van der Waals surface area contributed by atoms with Crippen molar-refractivity contribution in [1.29, 1.82) is 0 Å². The molecule has 52 heavy (non-hydrogen) atoms. The Bertz CT molecular complexity index is 1400. The smallest absolute Gasteiger partial charge is 0.408 e. The van der Waals surface area contributed by atoms with Crippen LogP contribution < -0.4 is 16.0 Å². The summed E-state index contributed by atoms with van der Waals surface area (Å²) in [6.45, 7) is 13.7. The number of benzene rings is 1. The van der Waals surface area contributed by atoms with Gasteiger partial charge in [0.2, 0.25) is 17.7 Å². The van der Waals surface area contributed by atoms with E-state index in [4.69, 9.17) is 4.74 Å². The molecule has 0 saturated heterocycles. The number of imidazole rings is 1. The number of amides is 4. The van der Waals surface area contributed by atoms with Crippen LogP contribution in [-0.4, -0.2) is 87.2 Å². The van der Waals surface area contributed by atoms with Crippen molar-refractivity contribution in [3.05, 3.63) is 54.1 Å². The molecule has 5 N–H and O–H groups in total. The molecule has 4 amide bonds. The minimum Gasteiger partial charge on any atom is -0.444 e. The summed E-state index contributed by atoms with van der Waals surface area (Å²) >= 11 is 0. The second kappa shape index (κ2) is 19.8. The average Bonchev–Trinajstić information content (AvgIpc) is 3.60. The number of likely N-dealkylation sites (N-methyl/N-ethyl adjacent to an activating group) is 1. The van der Waals surface area contributed by atoms with E-state index >= 15 is 0 Å². The van der Waals surface area contributed by atoms with Gasteiger partial charge in [0.25, 0.3) is 0 Å². The number of nitrogens with zero attached hydrogens (tertiary/aromatic N) is 2.